The number of anilines is 1. The molecule has 7 nitrogen and oxygen atoms in total. The summed E-state index contributed by atoms with van der Waals surface area (Å²) in [4.78, 5) is 18.0. The molecular weight excluding hydrogens is 387 g/mol. The van der Waals surface area contributed by atoms with Gasteiger partial charge in [-0.3, -0.25) is 15.5 Å². The Morgan fingerprint density at radius 2 is 1.79 bits per heavy atom. The number of nitro groups is 1. The number of nitrogens with zero attached hydrogens (tertiary/aromatic N) is 4. The van der Waals surface area contributed by atoms with Crippen molar-refractivity contribution in [1.82, 2.24) is 9.97 Å². The summed E-state index contributed by atoms with van der Waals surface area (Å²) < 4.78 is 39.7. The van der Waals surface area contributed by atoms with Gasteiger partial charge in [-0.15, -0.1) is 0 Å². The Bertz CT molecular complexity index is 1070. The largest absolute Gasteiger partial charge is 0.433 e. The normalized spacial score (nSPS) is 11.9. The summed E-state index contributed by atoms with van der Waals surface area (Å²) in [5.74, 6) is -0.262. The van der Waals surface area contributed by atoms with E-state index in [-0.39, 0.29) is 17.3 Å². The summed E-state index contributed by atoms with van der Waals surface area (Å²) in [7, 11) is 0. The molecule has 1 aromatic heterocycles. The lowest BCUT2D eigenvalue weighted by atomic mass is 10.1. The van der Waals surface area contributed by atoms with Crippen molar-refractivity contribution in [2.75, 3.05) is 5.43 Å². The number of halogens is 3. The van der Waals surface area contributed by atoms with Crippen LogP contribution in [0.5, 0.6) is 0 Å². The number of benzene rings is 2. The molecule has 148 valence electrons. The van der Waals surface area contributed by atoms with E-state index >= 15 is 0 Å². The van der Waals surface area contributed by atoms with Gasteiger partial charge in [0.05, 0.1) is 10.6 Å². The molecule has 0 atom stereocenters. The van der Waals surface area contributed by atoms with E-state index in [4.69, 9.17) is 0 Å². The van der Waals surface area contributed by atoms with Gasteiger partial charge in [-0.25, -0.2) is 9.97 Å². The number of aromatic nitrogens is 2. The fourth-order valence-corrected chi connectivity index (χ4v) is 2.42. The number of hydrogen-bond donors (Lipinski definition) is 1. The molecule has 3 aromatic rings. The first-order valence-electron chi connectivity index (χ1n) is 8.31. The first kappa shape index (κ1) is 19.9. The Morgan fingerprint density at radius 1 is 1.07 bits per heavy atom. The fraction of sp³-hybridized carbons (Fsp3) is 0.105. The summed E-state index contributed by atoms with van der Waals surface area (Å²) in [6.07, 6.45) is -4.66. The Kier molecular flexibility index (Phi) is 5.53. The maximum absolute atomic E-state index is 13.2. The minimum absolute atomic E-state index is 0.105. The predicted octanol–water partition coefficient (Wildman–Crippen LogP) is 4.91. The molecule has 0 radical (unpaired) electrons. The van der Waals surface area contributed by atoms with Gasteiger partial charge in [0.15, 0.2) is 17.3 Å². The monoisotopic (exact) mass is 401 g/mol. The summed E-state index contributed by atoms with van der Waals surface area (Å²) >= 11 is 0. The minimum Gasteiger partial charge on any atom is -0.261 e. The fourth-order valence-electron chi connectivity index (χ4n) is 2.42. The van der Waals surface area contributed by atoms with Crippen LogP contribution in [0.1, 0.15) is 18.2 Å². The molecular formula is C19H14F3N5O2. The average Bonchev–Trinajstić information content (AvgIpc) is 2.72. The Balaban J connectivity index is 1.95. The van der Waals surface area contributed by atoms with Crippen molar-refractivity contribution in [3.05, 3.63) is 82.0 Å². The summed E-state index contributed by atoms with van der Waals surface area (Å²) in [6, 6.07) is 14.7. The molecule has 0 saturated heterocycles. The molecule has 29 heavy (non-hydrogen) atoms. The molecule has 0 aliphatic rings. The van der Waals surface area contributed by atoms with Crippen LogP contribution in [-0.4, -0.2) is 20.6 Å². The smallest absolute Gasteiger partial charge is 0.261 e. The van der Waals surface area contributed by atoms with Crippen molar-refractivity contribution in [2.24, 2.45) is 5.10 Å². The van der Waals surface area contributed by atoms with Crippen molar-refractivity contribution in [1.29, 1.82) is 0 Å². The third-order valence-electron chi connectivity index (χ3n) is 3.86. The first-order chi connectivity index (χ1) is 13.7. The summed E-state index contributed by atoms with van der Waals surface area (Å²) in [5, 5.41) is 14.9. The van der Waals surface area contributed by atoms with Crippen LogP contribution in [0.2, 0.25) is 0 Å². The van der Waals surface area contributed by atoms with Gasteiger partial charge in [0.2, 0.25) is 0 Å². The number of rotatable bonds is 5. The first-order valence-corrected chi connectivity index (χ1v) is 8.31. The molecule has 1 N–H and O–H groups in total. The van der Waals surface area contributed by atoms with Gasteiger partial charge in [0, 0.05) is 29.3 Å². The number of nitro benzene ring substituents is 1. The van der Waals surface area contributed by atoms with Crippen molar-refractivity contribution in [2.45, 2.75) is 13.1 Å². The highest BCUT2D eigenvalue weighted by molar-refractivity contribution is 5.99. The highest BCUT2D eigenvalue weighted by Gasteiger charge is 2.33. The number of non-ortho nitro benzene ring substituents is 1. The highest BCUT2D eigenvalue weighted by Crippen LogP contribution is 2.30. The standard InChI is InChI=1S/C19H14F3N5O2/c1-12(14-8-5-9-15(10-14)27(28)29)25-26-17-11-16(19(20,21)22)23-18(24-17)13-6-3-2-4-7-13/h2-11H,1H3,(H,23,24,26)/b25-12+. The van der Waals surface area contributed by atoms with Crippen LogP contribution >= 0.6 is 0 Å². The molecule has 0 unspecified atom stereocenters. The Morgan fingerprint density at radius 3 is 2.45 bits per heavy atom. The molecule has 0 spiro atoms. The van der Waals surface area contributed by atoms with Gasteiger partial charge in [-0.1, -0.05) is 42.5 Å². The zero-order valence-corrected chi connectivity index (χ0v) is 15.0. The maximum atomic E-state index is 13.2. The zero-order chi connectivity index (χ0) is 21.0. The Labute approximate surface area is 163 Å². The van der Waals surface area contributed by atoms with Crippen LogP contribution in [0.3, 0.4) is 0 Å². The van der Waals surface area contributed by atoms with E-state index < -0.39 is 16.8 Å². The molecule has 1 heterocycles. The van der Waals surface area contributed by atoms with Gasteiger partial charge in [0.25, 0.3) is 5.69 Å². The number of hydrazone groups is 1. The predicted molar refractivity (Wildman–Crippen MR) is 101 cm³/mol. The van der Waals surface area contributed by atoms with E-state index in [0.29, 0.717) is 16.8 Å². The molecule has 10 heteroatoms. The molecule has 3 rings (SSSR count). The lowest BCUT2D eigenvalue weighted by Gasteiger charge is -2.10. The zero-order valence-electron chi connectivity index (χ0n) is 15.0. The molecule has 0 amide bonds. The van der Waals surface area contributed by atoms with E-state index in [1.54, 1.807) is 43.3 Å². The second kappa shape index (κ2) is 8.05. The molecule has 0 saturated carbocycles. The van der Waals surface area contributed by atoms with Crippen LogP contribution in [-0.2, 0) is 6.18 Å². The van der Waals surface area contributed by atoms with Gasteiger partial charge < -0.3 is 0 Å². The minimum atomic E-state index is -4.66. The molecule has 2 aromatic carbocycles. The lowest BCUT2D eigenvalue weighted by molar-refractivity contribution is -0.384. The van der Waals surface area contributed by atoms with Crippen LogP contribution < -0.4 is 5.43 Å². The number of alkyl halides is 3. The number of nitrogens with one attached hydrogen (secondary N) is 1. The van der Waals surface area contributed by atoms with Crippen LogP contribution in [0.4, 0.5) is 24.7 Å². The SMILES string of the molecule is C/C(=N\Nc1cc(C(F)(F)F)nc(-c2ccccc2)n1)c1cccc([N+](=O)[O-])c1. The summed E-state index contributed by atoms with van der Waals surface area (Å²) in [5.41, 5.74) is 2.44. The van der Waals surface area contributed by atoms with Crippen LogP contribution in [0, 0.1) is 10.1 Å². The Hall–Kier alpha value is -3.82. The van der Waals surface area contributed by atoms with Gasteiger partial charge in [-0.05, 0) is 6.92 Å². The van der Waals surface area contributed by atoms with E-state index in [9.17, 15) is 23.3 Å². The lowest BCUT2D eigenvalue weighted by Crippen LogP contribution is -2.11. The van der Waals surface area contributed by atoms with Gasteiger partial charge in [-0.2, -0.15) is 18.3 Å². The van der Waals surface area contributed by atoms with Crippen molar-refractivity contribution in [3.63, 3.8) is 0 Å². The third kappa shape index (κ3) is 4.92. The third-order valence-corrected chi connectivity index (χ3v) is 3.86. The van der Waals surface area contributed by atoms with Crippen LogP contribution in [0.15, 0.2) is 65.8 Å². The van der Waals surface area contributed by atoms with Gasteiger partial charge in [0.1, 0.15) is 0 Å². The van der Waals surface area contributed by atoms with E-state index in [1.165, 1.54) is 18.2 Å². The van der Waals surface area contributed by atoms with E-state index in [0.717, 1.165) is 6.07 Å². The van der Waals surface area contributed by atoms with E-state index in [1.807, 2.05) is 0 Å². The average molecular weight is 401 g/mol. The molecule has 0 fully saturated rings. The van der Waals surface area contributed by atoms with Crippen molar-refractivity contribution in [3.8, 4) is 11.4 Å². The maximum Gasteiger partial charge on any atom is 0.433 e. The van der Waals surface area contributed by atoms with E-state index in [2.05, 4.69) is 20.5 Å². The quantitative estimate of drug-likeness (QED) is 0.373. The van der Waals surface area contributed by atoms with Crippen molar-refractivity contribution < 1.29 is 18.1 Å². The second-order valence-electron chi connectivity index (χ2n) is 5.94. The molecule has 0 bridgehead atoms. The molecule has 0 aliphatic carbocycles. The van der Waals surface area contributed by atoms with Gasteiger partial charge >= 0.3 is 6.18 Å². The highest BCUT2D eigenvalue weighted by atomic mass is 19.4. The number of hydrogen-bond acceptors (Lipinski definition) is 6. The van der Waals surface area contributed by atoms with Crippen molar-refractivity contribution >= 4 is 17.2 Å². The second-order valence-corrected chi connectivity index (χ2v) is 5.94. The topological polar surface area (TPSA) is 93.3 Å². The summed E-state index contributed by atoms with van der Waals surface area (Å²) in [6.45, 7) is 1.57. The van der Waals surface area contributed by atoms with Crippen LogP contribution in [0.25, 0.3) is 11.4 Å². The molecule has 0 aliphatic heterocycles.